The molecule has 0 fully saturated rings. The van der Waals surface area contributed by atoms with Gasteiger partial charge in [0.05, 0.1) is 0 Å². The minimum absolute atomic E-state index is 0.0528. The van der Waals surface area contributed by atoms with Gasteiger partial charge in [0.1, 0.15) is 0 Å². The van der Waals surface area contributed by atoms with Crippen LogP contribution in [0.15, 0.2) is 98.1 Å². The van der Waals surface area contributed by atoms with Crippen LogP contribution in [0.3, 0.4) is 0 Å². The van der Waals surface area contributed by atoms with E-state index in [1.165, 1.54) is 30.4 Å². The van der Waals surface area contributed by atoms with Crippen LogP contribution >= 0.6 is 0 Å². The van der Waals surface area contributed by atoms with Crippen molar-refractivity contribution in [2.45, 2.75) is 8.26 Å². The van der Waals surface area contributed by atoms with Crippen molar-refractivity contribution in [2.75, 3.05) is 17.2 Å². The van der Waals surface area contributed by atoms with Crippen LogP contribution in [0.2, 0.25) is 8.26 Å². The quantitative estimate of drug-likeness (QED) is 0.146. The van der Waals surface area contributed by atoms with E-state index in [0.29, 0.717) is 5.69 Å². The van der Waals surface area contributed by atoms with Crippen molar-refractivity contribution in [3.8, 4) is 5.75 Å². The van der Waals surface area contributed by atoms with E-state index in [2.05, 4.69) is 13.2 Å². The standard InChI is InChI=1S/C6H7NO.2C6H6N.2C3H5.H2O2.O.Zr/c7-5-2-1-3-6(8)4-5;2*7-6-4-2-1-3-5-6;2*1-3-2;1-2;;/h1-4,8H,7H2;2*1-2,4-5H,7H2;2*3H,1-2H2;1-2H;;/q;;;;;;;+2/p-2. The molecule has 3 aromatic carbocycles. The molecule has 0 aliphatic rings. The third-order valence-corrected chi connectivity index (χ3v) is 28.1. The molecule has 32 heavy (non-hydrogen) atoms. The number of nitrogens with two attached hydrogens (primary N) is 3. The summed E-state index contributed by atoms with van der Waals surface area (Å²) in [6.45, 7) is 7.64. The Morgan fingerprint density at radius 1 is 0.781 bits per heavy atom. The second-order valence-corrected chi connectivity index (χ2v) is 28.4. The molecule has 7 N–H and O–H groups in total. The van der Waals surface area contributed by atoms with Gasteiger partial charge in [-0.15, -0.1) is 0 Å². The van der Waals surface area contributed by atoms with Gasteiger partial charge in [0.25, 0.3) is 0 Å². The molecular weight excluding hydrogens is 486 g/mol. The summed E-state index contributed by atoms with van der Waals surface area (Å²) in [6.07, 6.45) is 2.76. The topological polar surface area (TPSA) is 134 Å². The molecule has 0 aliphatic heterocycles. The summed E-state index contributed by atoms with van der Waals surface area (Å²) in [5.41, 5.74) is 19.1. The van der Waals surface area contributed by atoms with Crippen molar-refractivity contribution >= 4 is 23.6 Å². The van der Waals surface area contributed by atoms with Crippen LogP contribution in [-0.2, 0) is 22.5 Å². The second-order valence-electron chi connectivity index (χ2n) is 8.81. The first-order chi connectivity index (χ1) is 15.0. The van der Waals surface area contributed by atoms with E-state index in [-0.39, 0.29) is 23.7 Å². The maximum atomic E-state index is 16.6. The van der Waals surface area contributed by atoms with Crippen LogP contribution in [0, 0.1) is 0 Å². The van der Waals surface area contributed by atoms with Crippen molar-refractivity contribution in [2.24, 2.45) is 0 Å². The minimum atomic E-state index is -8.11. The molecule has 0 aromatic heterocycles. The van der Waals surface area contributed by atoms with Crippen LogP contribution in [-0.4, -0.2) is 5.26 Å². The van der Waals surface area contributed by atoms with Gasteiger partial charge in [-0.25, -0.2) is 0 Å². The summed E-state index contributed by atoms with van der Waals surface area (Å²) in [6, 6.07) is 18.8. The normalized spacial score (nSPS) is 14.8. The summed E-state index contributed by atoms with van der Waals surface area (Å²) in [5.74, 6) is 0.115. The van der Waals surface area contributed by atoms with E-state index in [9.17, 15) is 5.26 Å². The zero-order valence-corrected chi connectivity index (χ0v) is 20.3. The van der Waals surface area contributed by atoms with E-state index in [1.807, 2.05) is 0 Å². The number of anilines is 3. The van der Waals surface area contributed by atoms with Gasteiger partial charge in [-0.2, -0.15) is 0 Å². The zero-order valence-electron chi connectivity index (χ0n) is 17.8. The average molecular weight is 515 g/mol. The fraction of sp³-hybridized carbons (Fsp3) is 0.0833. The van der Waals surface area contributed by atoms with Gasteiger partial charge in [-0.05, 0) is 0 Å². The molecule has 0 bridgehead atoms. The summed E-state index contributed by atoms with van der Waals surface area (Å²) >= 11 is -8.11. The SMILES string of the molecule is C=C[CH2][Zr](=[O])([CH2]C=C)([O]O)([O]c1cccc(N)c1)([c]1cccc(N)c1)[c]1cccc(N)c1. The van der Waals surface area contributed by atoms with Gasteiger partial charge in [-0.3, -0.25) is 0 Å². The van der Waals surface area contributed by atoms with Crippen molar-refractivity contribution < 1.29 is 30.5 Å². The first-order valence-corrected chi connectivity index (χ1v) is 19.1. The van der Waals surface area contributed by atoms with Crippen LogP contribution in [0.4, 0.5) is 17.1 Å². The number of allylic oxidation sites excluding steroid dienone is 2. The molecule has 8 heteroatoms. The van der Waals surface area contributed by atoms with E-state index in [0.717, 1.165) is 0 Å². The molecule has 0 saturated carbocycles. The van der Waals surface area contributed by atoms with Crippen molar-refractivity contribution in [3.05, 3.63) is 98.1 Å². The monoisotopic (exact) mass is 513 g/mol. The van der Waals surface area contributed by atoms with Gasteiger partial charge >= 0.3 is 183 Å². The second kappa shape index (κ2) is 6.97. The first-order valence-electron chi connectivity index (χ1n) is 10.2. The molecule has 3 aromatic rings. The predicted molar refractivity (Wildman–Crippen MR) is 127 cm³/mol. The molecule has 3 rings (SSSR count). The Hall–Kier alpha value is -3.06. The fourth-order valence-corrected chi connectivity index (χ4v) is 22.9. The Bertz CT molecular complexity index is 1280. The van der Waals surface area contributed by atoms with Crippen LogP contribution in [0.1, 0.15) is 0 Å². The Balaban J connectivity index is 2.74. The molecule has 0 aliphatic carbocycles. The molecule has 168 valence electrons. The zero-order chi connectivity index (χ0) is 23.6. The number of rotatable bonds is 9. The first kappa shape index (κ1) is 23.6. The van der Waals surface area contributed by atoms with Gasteiger partial charge in [0.15, 0.2) is 0 Å². The Morgan fingerprint density at radius 3 is 1.59 bits per heavy atom. The molecular formula is C24H29N3O4Zr. The molecule has 7 nitrogen and oxygen atoms in total. The molecule has 0 saturated heterocycles. The Kier molecular flexibility index (Phi) is 5.14. The van der Waals surface area contributed by atoms with Gasteiger partial charge in [0.2, 0.25) is 0 Å². The molecule has 0 heterocycles. The van der Waals surface area contributed by atoms with E-state index >= 15 is 2.81 Å². The van der Waals surface area contributed by atoms with Gasteiger partial charge in [0, 0.05) is 0 Å². The van der Waals surface area contributed by atoms with Crippen LogP contribution < -0.4 is 26.6 Å². The molecule has 0 amide bonds. The van der Waals surface area contributed by atoms with Gasteiger partial charge in [-0.1, -0.05) is 0 Å². The Morgan fingerprint density at radius 2 is 1.22 bits per heavy atom. The van der Waals surface area contributed by atoms with Crippen LogP contribution in [0.5, 0.6) is 5.75 Å². The maximum absolute atomic E-state index is 16.6. The average Bonchev–Trinajstić information content (AvgIpc) is 2.75. The number of benzene rings is 3. The third kappa shape index (κ3) is 2.91. The number of hydrogen-bond acceptors (Lipinski definition) is 7. The number of hydrogen-bond donors (Lipinski definition) is 4. The molecule has 0 radical (unpaired) electrons. The molecule has 0 atom stereocenters. The summed E-state index contributed by atoms with van der Waals surface area (Å²) in [5, 5.41) is 11.0. The third-order valence-electron chi connectivity index (χ3n) is 6.67. The summed E-state index contributed by atoms with van der Waals surface area (Å²) in [4.78, 5) is 0. The number of nitrogen functional groups attached to an aromatic ring is 3. The van der Waals surface area contributed by atoms with Gasteiger partial charge < -0.3 is 0 Å². The molecule has 0 unspecified atom stereocenters. The molecule has 0 spiro atoms. The van der Waals surface area contributed by atoms with E-state index in [1.54, 1.807) is 54.6 Å². The van der Waals surface area contributed by atoms with E-state index in [4.69, 9.17) is 23.0 Å². The van der Waals surface area contributed by atoms with E-state index < -0.39 is 25.0 Å². The van der Waals surface area contributed by atoms with Crippen molar-refractivity contribution in [1.29, 1.82) is 0 Å². The summed E-state index contributed by atoms with van der Waals surface area (Å²) in [7, 11) is 0. The predicted octanol–water partition coefficient (Wildman–Crippen LogP) is 4.10. The van der Waals surface area contributed by atoms with Crippen molar-refractivity contribution in [3.63, 3.8) is 0 Å². The Labute approximate surface area is 183 Å². The fourth-order valence-electron chi connectivity index (χ4n) is 4.98. The van der Waals surface area contributed by atoms with Crippen molar-refractivity contribution in [1.82, 2.24) is 0 Å². The summed E-state index contributed by atoms with van der Waals surface area (Å²) < 4.78 is 27.9. The van der Waals surface area contributed by atoms with Crippen LogP contribution in [0.25, 0.3) is 0 Å².